The lowest BCUT2D eigenvalue weighted by Gasteiger charge is -2.17. The summed E-state index contributed by atoms with van der Waals surface area (Å²) in [4.78, 5) is 9.26. The van der Waals surface area contributed by atoms with Gasteiger partial charge in [0.2, 0.25) is 5.82 Å². The van der Waals surface area contributed by atoms with Crippen molar-refractivity contribution in [3.05, 3.63) is 53.5 Å². The minimum absolute atomic E-state index is 0.332. The van der Waals surface area contributed by atoms with Crippen molar-refractivity contribution < 1.29 is 9.15 Å². The molecule has 2 heterocycles. The molecule has 8 nitrogen and oxygen atoms in total. The maximum absolute atomic E-state index is 6.31. The third kappa shape index (κ3) is 5.90. The van der Waals surface area contributed by atoms with E-state index in [1.807, 2.05) is 12.1 Å². The molecule has 0 radical (unpaired) electrons. The molecule has 3 aromatic rings. The van der Waals surface area contributed by atoms with E-state index in [4.69, 9.17) is 14.1 Å². The van der Waals surface area contributed by atoms with Crippen molar-refractivity contribution >= 4 is 5.96 Å². The summed E-state index contributed by atoms with van der Waals surface area (Å²) >= 11 is 0. The molecule has 0 saturated heterocycles. The average Bonchev–Trinajstić information content (AvgIpc) is 3.55. The minimum Gasteiger partial charge on any atom is -0.490 e. The molecule has 1 fully saturated rings. The molecule has 32 heavy (non-hydrogen) atoms. The van der Waals surface area contributed by atoms with Crippen LogP contribution in [-0.2, 0) is 13.0 Å². The SMILES string of the molecule is CCNC(=NCc1ccc(C)cc1OC1CCCC1)NCCc1nc(-c2ccco2)n[nH]1. The molecule has 0 atom stereocenters. The number of furan rings is 1. The van der Waals surface area contributed by atoms with Crippen LogP contribution in [0.4, 0.5) is 0 Å². The molecular formula is C24H32N6O2. The number of hydrogen-bond donors (Lipinski definition) is 3. The Morgan fingerprint density at radius 3 is 2.91 bits per heavy atom. The summed E-state index contributed by atoms with van der Waals surface area (Å²) in [7, 11) is 0. The van der Waals surface area contributed by atoms with Crippen LogP contribution in [0.1, 0.15) is 49.6 Å². The quantitative estimate of drug-likeness (QED) is 0.346. The van der Waals surface area contributed by atoms with Crippen LogP contribution in [0.3, 0.4) is 0 Å². The van der Waals surface area contributed by atoms with Crippen LogP contribution in [0.5, 0.6) is 5.75 Å². The minimum atomic E-state index is 0.332. The van der Waals surface area contributed by atoms with Gasteiger partial charge in [0.05, 0.1) is 18.9 Å². The fourth-order valence-corrected chi connectivity index (χ4v) is 3.82. The molecule has 3 N–H and O–H groups in total. The number of hydrogen-bond acceptors (Lipinski definition) is 5. The number of ether oxygens (including phenoxy) is 1. The fraction of sp³-hybridized carbons (Fsp3) is 0.458. The number of aromatic nitrogens is 3. The van der Waals surface area contributed by atoms with Gasteiger partial charge in [-0.05, 0) is 63.3 Å². The molecular weight excluding hydrogens is 404 g/mol. The zero-order chi connectivity index (χ0) is 22.2. The highest BCUT2D eigenvalue weighted by molar-refractivity contribution is 5.79. The van der Waals surface area contributed by atoms with Gasteiger partial charge in [0, 0.05) is 25.1 Å². The number of aryl methyl sites for hydroxylation is 1. The molecule has 0 bridgehead atoms. The average molecular weight is 437 g/mol. The highest BCUT2D eigenvalue weighted by Gasteiger charge is 2.18. The maximum atomic E-state index is 6.31. The van der Waals surface area contributed by atoms with Gasteiger partial charge < -0.3 is 19.8 Å². The van der Waals surface area contributed by atoms with E-state index >= 15 is 0 Å². The van der Waals surface area contributed by atoms with Crippen molar-refractivity contribution in [1.82, 2.24) is 25.8 Å². The molecule has 8 heteroatoms. The molecule has 1 aliphatic carbocycles. The molecule has 0 aliphatic heterocycles. The van der Waals surface area contributed by atoms with Crippen molar-refractivity contribution in [2.45, 2.75) is 58.6 Å². The number of aromatic amines is 1. The molecule has 2 aromatic heterocycles. The smallest absolute Gasteiger partial charge is 0.216 e. The predicted octanol–water partition coefficient (Wildman–Crippen LogP) is 3.99. The lowest BCUT2D eigenvalue weighted by molar-refractivity contribution is 0.208. The molecule has 1 aromatic carbocycles. The largest absolute Gasteiger partial charge is 0.490 e. The van der Waals surface area contributed by atoms with E-state index in [9.17, 15) is 0 Å². The lowest BCUT2D eigenvalue weighted by Crippen LogP contribution is -2.38. The Labute approximate surface area is 188 Å². The van der Waals surface area contributed by atoms with E-state index in [-0.39, 0.29) is 0 Å². The van der Waals surface area contributed by atoms with Gasteiger partial charge in [-0.25, -0.2) is 9.98 Å². The van der Waals surface area contributed by atoms with Crippen molar-refractivity contribution in [3.63, 3.8) is 0 Å². The summed E-state index contributed by atoms with van der Waals surface area (Å²) in [6.07, 6.45) is 7.44. The molecule has 0 unspecified atom stereocenters. The van der Waals surface area contributed by atoms with Gasteiger partial charge in [0.1, 0.15) is 11.6 Å². The monoisotopic (exact) mass is 436 g/mol. The van der Waals surface area contributed by atoms with Crippen LogP contribution in [0, 0.1) is 6.92 Å². The summed E-state index contributed by atoms with van der Waals surface area (Å²) in [5.74, 6) is 3.75. The molecule has 170 valence electrons. The number of benzene rings is 1. The van der Waals surface area contributed by atoms with E-state index in [2.05, 4.69) is 57.9 Å². The van der Waals surface area contributed by atoms with Crippen LogP contribution in [0.25, 0.3) is 11.6 Å². The van der Waals surface area contributed by atoms with Gasteiger partial charge in [-0.3, -0.25) is 5.10 Å². The highest BCUT2D eigenvalue weighted by Crippen LogP contribution is 2.28. The second-order valence-electron chi connectivity index (χ2n) is 8.09. The van der Waals surface area contributed by atoms with Crippen LogP contribution in [0.15, 0.2) is 46.0 Å². The first kappa shape index (κ1) is 21.9. The Kier molecular flexibility index (Phi) is 7.42. The van der Waals surface area contributed by atoms with Crippen LogP contribution in [-0.4, -0.2) is 40.3 Å². The third-order valence-corrected chi connectivity index (χ3v) is 5.50. The van der Waals surface area contributed by atoms with Gasteiger partial charge in [-0.2, -0.15) is 5.10 Å². The Morgan fingerprint density at radius 1 is 1.25 bits per heavy atom. The Hall–Kier alpha value is -3.29. The summed E-state index contributed by atoms with van der Waals surface area (Å²) in [5.41, 5.74) is 2.31. The Bertz CT molecular complexity index is 1010. The molecule has 1 saturated carbocycles. The third-order valence-electron chi connectivity index (χ3n) is 5.50. The van der Waals surface area contributed by atoms with E-state index < -0.39 is 0 Å². The summed E-state index contributed by atoms with van der Waals surface area (Å²) in [5, 5.41) is 13.9. The molecule has 1 aliphatic rings. The second-order valence-corrected chi connectivity index (χ2v) is 8.09. The van der Waals surface area contributed by atoms with Crippen molar-refractivity contribution in [3.8, 4) is 17.3 Å². The normalized spacial score (nSPS) is 14.6. The molecule has 0 amide bonds. The van der Waals surface area contributed by atoms with Crippen LogP contribution >= 0.6 is 0 Å². The zero-order valence-electron chi connectivity index (χ0n) is 18.9. The van der Waals surface area contributed by atoms with Crippen LogP contribution < -0.4 is 15.4 Å². The van der Waals surface area contributed by atoms with Crippen molar-refractivity contribution in [2.24, 2.45) is 4.99 Å². The first-order valence-corrected chi connectivity index (χ1v) is 11.4. The standard InChI is InChI=1S/C24H32N6O2/c1-3-25-24(26-13-12-22-28-23(30-29-22)20-9-6-14-31-20)27-16-18-11-10-17(2)15-21(18)32-19-7-4-5-8-19/h6,9-11,14-15,19H,3-5,7-8,12-13,16H2,1-2H3,(H2,25,26,27)(H,28,29,30). The van der Waals surface area contributed by atoms with Gasteiger partial charge in [-0.1, -0.05) is 12.1 Å². The van der Waals surface area contributed by atoms with Crippen molar-refractivity contribution in [1.29, 1.82) is 0 Å². The summed E-state index contributed by atoms with van der Waals surface area (Å²) in [6, 6.07) is 10.0. The topological polar surface area (TPSA) is 100 Å². The van der Waals surface area contributed by atoms with E-state index in [1.165, 1.54) is 18.4 Å². The maximum Gasteiger partial charge on any atom is 0.216 e. The number of nitrogens with one attached hydrogen (secondary N) is 3. The number of aliphatic imine (C=N–C) groups is 1. The van der Waals surface area contributed by atoms with E-state index in [0.717, 1.165) is 42.5 Å². The second kappa shape index (κ2) is 10.8. The summed E-state index contributed by atoms with van der Waals surface area (Å²) in [6.45, 7) is 6.18. The van der Waals surface area contributed by atoms with Crippen LogP contribution in [0.2, 0.25) is 0 Å². The predicted molar refractivity (Wildman–Crippen MR) is 125 cm³/mol. The van der Waals surface area contributed by atoms with Gasteiger partial charge in [-0.15, -0.1) is 0 Å². The van der Waals surface area contributed by atoms with Gasteiger partial charge in [0.25, 0.3) is 0 Å². The van der Waals surface area contributed by atoms with E-state index in [1.54, 1.807) is 6.26 Å². The van der Waals surface area contributed by atoms with Crippen molar-refractivity contribution in [2.75, 3.05) is 13.1 Å². The number of nitrogens with zero attached hydrogens (tertiary/aromatic N) is 3. The first-order chi connectivity index (χ1) is 15.7. The number of rotatable bonds is 9. The lowest BCUT2D eigenvalue weighted by atomic mass is 10.1. The number of H-pyrrole nitrogens is 1. The Balaban J connectivity index is 1.35. The van der Waals surface area contributed by atoms with E-state index in [0.29, 0.717) is 37.2 Å². The van der Waals surface area contributed by atoms with Gasteiger partial charge >= 0.3 is 0 Å². The highest BCUT2D eigenvalue weighted by atomic mass is 16.5. The number of guanidine groups is 1. The Morgan fingerprint density at radius 2 is 2.12 bits per heavy atom. The fourth-order valence-electron chi connectivity index (χ4n) is 3.82. The summed E-state index contributed by atoms with van der Waals surface area (Å²) < 4.78 is 11.7. The zero-order valence-corrected chi connectivity index (χ0v) is 18.9. The molecule has 0 spiro atoms. The molecule has 4 rings (SSSR count). The van der Waals surface area contributed by atoms with Gasteiger partial charge in [0.15, 0.2) is 11.7 Å². The first-order valence-electron chi connectivity index (χ1n) is 11.4.